The normalized spacial score (nSPS) is 12.7. The summed E-state index contributed by atoms with van der Waals surface area (Å²) in [5.41, 5.74) is 0.671. The third-order valence-corrected chi connectivity index (χ3v) is 4.19. The maximum absolute atomic E-state index is 12.2. The van der Waals surface area contributed by atoms with Crippen LogP contribution in [0.15, 0.2) is 48.5 Å². The number of esters is 2. The number of aliphatic hydroxyl groups is 1. The van der Waals surface area contributed by atoms with E-state index in [0.717, 1.165) is 6.42 Å². The van der Waals surface area contributed by atoms with E-state index in [1.165, 1.54) is 14.2 Å². The third-order valence-electron chi connectivity index (χ3n) is 4.19. The molecule has 2 rings (SSSR count). The molecular formula is C21H24O6. The fourth-order valence-electron chi connectivity index (χ4n) is 2.78. The van der Waals surface area contributed by atoms with Crippen LogP contribution in [0.4, 0.5) is 0 Å². The van der Waals surface area contributed by atoms with Gasteiger partial charge in [-0.15, -0.1) is 0 Å². The predicted octanol–water partition coefficient (Wildman–Crippen LogP) is 3.67. The number of methoxy groups -OCH3 is 2. The van der Waals surface area contributed by atoms with Gasteiger partial charge in [0, 0.05) is 12.0 Å². The number of rotatable bonds is 8. The summed E-state index contributed by atoms with van der Waals surface area (Å²) in [4.78, 5) is 24.2. The lowest BCUT2D eigenvalue weighted by molar-refractivity contribution is -0.153. The molecule has 0 radical (unpaired) electrons. The van der Waals surface area contributed by atoms with E-state index in [0.29, 0.717) is 6.42 Å². The molecule has 0 aliphatic rings. The topological polar surface area (TPSA) is 82.1 Å². The van der Waals surface area contributed by atoms with Crippen molar-refractivity contribution in [1.29, 1.82) is 0 Å². The molecule has 144 valence electrons. The van der Waals surface area contributed by atoms with E-state index in [4.69, 9.17) is 14.2 Å². The number of ether oxygens (including phenoxy) is 3. The van der Waals surface area contributed by atoms with E-state index in [2.05, 4.69) is 0 Å². The van der Waals surface area contributed by atoms with E-state index in [1.54, 1.807) is 48.5 Å². The highest BCUT2D eigenvalue weighted by molar-refractivity contribution is 5.93. The number of carbonyl (C=O) groups is 2. The fourth-order valence-corrected chi connectivity index (χ4v) is 2.78. The van der Waals surface area contributed by atoms with Gasteiger partial charge in [0.1, 0.15) is 11.3 Å². The van der Waals surface area contributed by atoms with E-state index < -0.39 is 17.7 Å². The molecule has 0 saturated heterocycles. The number of hydrogen-bond donors (Lipinski definition) is 1. The van der Waals surface area contributed by atoms with E-state index in [1.807, 2.05) is 6.92 Å². The van der Waals surface area contributed by atoms with Crippen molar-refractivity contribution in [2.75, 3.05) is 14.2 Å². The molecule has 0 bridgehead atoms. The molecule has 1 N–H and O–H groups in total. The molecule has 1 atom stereocenters. The van der Waals surface area contributed by atoms with Crippen molar-refractivity contribution in [1.82, 2.24) is 0 Å². The Bertz CT molecular complexity index is 801. The average Bonchev–Trinajstić information content (AvgIpc) is 2.71. The first-order chi connectivity index (χ1) is 13.0. The fraction of sp³-hybridized carbons (Fsp3) is 0.333. The summed E-state index contributed by atoms with van der Waals surface area (Å²) in [5.74, 6) is -2.80. The smallest absolute Gasteiger partial charge is 0.341 e. The van der Waals surface area contributed by atoms with E-state index in [-0.39, 0.29) is 28.9 Å². The van der Waals surface area contributed by atoms with Gasteiger partial charge in [-0.3, -0.25) is 0 Å². The van der Waals surface area contributed by atoms with E-state index in [9.17, 15) is 14.7 Å². The summed E-state index contributed by atoms with van der Waals surface area (Å²) in [7, 11) is 2.55. The Balaban J connectivity index is 2.54. The first-order valence-electron chi connectivity index (χ1n) is 8.73. The number of benzene rings is 2. The van der Waals surface area contributed by atoms with Gasteiger partial charge < -0.3 is 19.3 Å². The molecule has 0 aliphatic heterocycles. The molecule has 0 heterocycles. The van der Waals surface area contributed by atoms with Gasteiger partial charge in [-0.1, -0.05) is 43.7 Å². The summed E-state index contributed by atoms with van der Waals surface area (Å²) < 4.78 is 15.5. The van der Waals surface area contributed by atoms with Crippen molar-refractivity contribution >= 4 is 11.9 Å². The zero-order chi connectivity index (χ0) is 19.9. The molecule has 0 spiro atoms. The summed E-state index contributed by atoms with van der Waals surface area (Å²) in [5, 5.41) is 11.4. The molecule has 27 heavy (non-hydrogen) atoms. The van der Waals surface area contributed by atoms with Crippen LogP contribution in [-0.2, 0) is 15.3 Å². The minimum Gasteiger partial charge on any atom is -0.465 e. The Morgan fingerprint density at radius 3 is 2.11 bits per heavy atom. The van der Waals surface area contributed by atoms with Gasteiger partial charge >= 0.3 is 11.9 Å². The second-order valence-corrected chi connectivity index (χ2v) is 6.01. The van der Waals surface area contributed by atoms with Gasteiger partial charge in [0.25, 0.3) is 0 Å². The lowest BCUT2D eigenvalue weighted by atomic mass is 9.94. The largest absolute Gasteiger partial charge is 0.465 e. The minimum absolute atomic E-state index is 0.169. The first-order valence-corrected chi connectivity index (χ1v) is 8.73. The average molecular weight is 372 g/mol. The van der Waals surface area contributed by atoms with Gasteiger partial charge in [-0.05, 0) is 24.6 Å². The number of carbonyl (C=O) groups excluding carboxylic acids is 2. The van der Waals surface area contributed by atoms with Crippen LogP contribution in [-0.4, -0.2) is 31.3 Å². The van der Waals surface area contributed by atoms with Crippen LogP contribution in [0, 0.1) is 0 Å². The molecule has 2 aromatic carbocycles. The van der Waals surface area contributed by atoms with Crippen molar-refractivity contribution in [3.63, 3.8) is 0 Å². The van der Waals surface area contributed by atoms with Gasteiger partial charge in [-0.2, -0.15) is 0 Å². The molecule has 0 saturated carbocycles. The Morgan fingerprint density at radius 2 is 1.48 bits per heavy atom. The van der Waals surface area contributed by atoms with Crippen LogP contribution in [0.25, 0.3) is 0 Å². The summed E-state index contributed by atoms with van der Waals surface area (Å²) in [6.07, 6.45) is 1.68. The molecular weight excluding hydrogens is 348 g/mol. The molecule has 1 unspecified atom stereocenters. The predicted molar refractivity (Wildman–Crippen MR) is 99.6 cm³/mol. The van der Waals surface area contributed by atoms with Gasteiger partial charge in [-0.25, -0.2) is 9.59 Å². The first kappa shape index (κ1) is 20.5. The standard InChI is InChI=1S/C21H24O6/c1-4-5-14-21(24,17-12-8-6-10-15(17)19(22)25-2)27-18-13-9-7-11-16(18)20(23)26-3/h6-13,24H,4-5,14H2,1-3H3. The van der Waals surface area contributed by atoms with Crippen LogP contribution in [0.1, 0.15) is 52.5 Å². The zero-order valence-electron chi connectivity index (χ0n) is 15.7. The molecule has 0 aromatic heterocycles. The van der Waals surface area contributed by atoms with Crippen LogP contribution in [0.5, 0.6) is 5.75 Å². The Kier molecular flexibility index (Phi) is 6.96. The monoisotopic (exact) mass is 372 g/mol. The number of para-hydroxylation sites is 1. The van der Waals surface area contributed by atoms with E-state index >= 15 is 0 Å². The summed E-state index contributed by atoms with van der Waals surface area (Å²) in [6.45, 7) is 1.98. The molecule has 0 aliphatic carbocycles. The maximum atomic E-state index is 12.2. The summed E-state index contributed by atoms with van der Waals surface area (Å²) >= 11 is 0. The molecule has 6 nitrogen and oxygen atoms in total. The number of hydrogen-bond acceptors (Lipinski definition) is 6. The van der Waals surface area contributed by atoms with Crippen molar-refractivity contribution in [3.8, 4) is 5.75 Å². The second-order valence-electron chi connectivity index (χ2n) is 6.01. The quantitative estimate of drug-likeness (QED) is 0.562. The Morgan fingerprint density at radius 1 is 0.926 bits per heavy atom. The molecule has 0 amide bonds. The maximum Gasteiger partial charge on any atom is 0.341 e. The zero-order valence-corrected chi connectivity index (χ0v) is 15.7. The number of unbranched alkanes of at least 4 members (excludes halogenated alkanes) is 1. The summed E-state index contributed by atoms with van der Waals surface area (Å²) in [6, 6.07) is 13.0. The molecule has 2 aromatic rings. The molecule has 6 heteroatoms. The minimum atomic E-state index is -1.81. The van der Waals surface area contributed by atoms with Crippen LogP contribution < -0.4 is 4.74 Å². The second kappa shape index (κ2) is 9.19. The highest BCUT2D eigenvalue weighted by Crippen LogP contribution is 2.35. The third kappa shape index (κ3) is 4.65. The van der Waals surface area contributed by atoms with Crippen LogP contribution in [0.3, 0.4) is 0 Å². The van der Waals surface area contributed by atoms with Gasteiger partial charge in [0.05, 0.1) is 19.8 Å². The van der Waals surface area contributed by atoms with Gasteiger partial charge in [0.15, 0.2) is 0 Å². The van der Waals surface area contributed by atoms with Gasteiger partial charge in [0.2, 0.25) is 5.79 Å². The highest BCUT2D eigenvalue weighted by Gasteiger charge is 2.36. The Labute approximate surface area is 158 Å². The molecule has 0 fully saturated rings. The van der Waals surface area contributed by atoms with Crippen molar-refractivity contribution in [2.24, 2.45) is 0 Å². The lowest BCUT2D eigenvalue weighted by Crippen LogP contribution is -2.35. The SMILES string of the molecule is CCCCC(O)(Oc1ccccc1C(=O)OC)c1ccccc1C(=O)OC. The van der Waals surface area contributed by atoms with Crippen molar-refractivity contribution in [2.45, 2.75) is 32.0 Å². The Hall–Kier alpha value is -2.86. The lowest BCUT2D eigenvalue weighted by Gasteiger charge is -2.31. The van der Waals surface area contributed by atoms with Crippen LogP contribution >= 0.6 is 0 Å². The van der Waals surface area contributed by atoms with Crippen molar-refractivity contribution in [3.05, 3.63) is 65.2 Å². The van der Waals surface area contributed by atoms with Crippen molar-refractivity contribution < 1.29 is 28.9 Å². The highest BCUT2D eigenvalue weighted by atomic mass is 16.6. The van der Waals surface area contributed by atoms with Crippen LogP contribution in [0.2, 0.25) is 0 Å².